The largest absolute Gasteiger partial charge is 0.457 e. The maximum absolute atomic E-state index is 14.0. The first-order valence-electron chi connectivity index (χ1n) is 14.9. The third-order valence-corrected chi connectivity index (χ3v) is 13.0. The molecule has 0 radical (unpaired) electrons. The zero-order valence-electron chi connectivity index (χ0n) is 25.1. The number of ketones is 1. The molecule has 41 heavy (non-hydrogen) atoms. The van der Waals surface area contributed by atoms with Crippen LogP contribution in [0.3, 0.4) is 0 Å². The van der Waals surface area contributed by atoms with Gasteiger partial charge in [-0.25, -0.2) is 4.79 Å². The first kappa shape index (κ1) is 29.2. The van der Waals surface area contributed by atoms with E-state index < -0.39 is 75.5 Å². The van der Waals surface area contributed by atoms with Crippen LogP contribution in [0.4, 0.5) is 0 Å². The molecule has 4 saturated carbocycles. The van der Waals surface area contributed by atoms with Gasteiger partial charge in [-0.05, 0) is 71.6 Å². The SMILES string of the molecule is COC1CC(=O)C2(C)C3CCC4(C)C(O)(CCC4(O)C(C)(O)C4CC(C)=C(C)C(=O)O4)C3CC3OC32C1OC(C)=O. The second kappa shape index (κ2) is 8.62. The van der Waals surface area contributed by atoms with Crippen LogP contribution in [-0.2, 0) is 33.3 Å². The third-order valence-electron chi connectivity index (χ3n) is 13.0. The fourth-order valence-corrected chi connectivity index (χ4v) is 10.3. The lowest BCUT2D eigenvalue weighted by atomic mass is 9.41. The van der Waals surface area contributed by atoms with Crippen molar-refractivity contribution in [2.24, 2.45) is 22.7 Å². The Labute approximate surface area is 240 Å². The molecule has 12 unspecified atom stereocenters. The molecule has 228 valence electrons. The minimum absolute atomic E-state index is 0.0378. The molecule has 10 nitrogen and oxygen atoms in total. The lowest BCUT2D eigenvalue weighted by Crippen LogP contribution is -2.75. The van der Waals surface area contributed by atoms with Gasteiger partial charge in [0.05, 0.1) is 17.1 Å². The van der Waals surface area contributed by atoms with E-state index in [1.54, 1.807) is 6.92 Å². The summed E-state index contributed by atoms with van der Waals surface area (Å²) in [6, 6.07) is 0. The minimum atomic E-state index is -1.85. The van der Waals surface area contributed by atoms with E-state index in [-0.39, 0.29) is 37.4 Å². The molecule has 4 aliphatic carbocycles. The summed E-state index contributed by atoms with van der Waals surface area (Å²) in [6.07, 6.45) is -0.848. The molecule has 0 aromatic carbocycles. The zero-order valence-corrected chi connectivity index (χ0v) is 25.1. The topological polar surface area (TPSA) is 152 Å². The molecule has 3 N–H and O–H groups in total. The predicted molar refractivity (Wildman–Crippen MR) is 143 cm³/mol. The summed E-state index contributed by atoms with van der Waals surface area (Å²) in [6.45, 7) is 10.1. The first-order valence-corrected chi connectivity index (χ1v) is 14.9. The molecule has 12 atom stereocenters. The van der Waals surface area contributed by atoms with E-state index in [1.807, 2.05) is 20.8 Å². The summed E-state index contributed by atoms with van der Waals surface area (Å²) < 4.78 is 23.4. The number of methoxy groups -OCH3 is 1. The van der Waals surface area contributed by atoms with Crippen LogP contribution in [0, 0.1) is 22.7 Å². The fraction of sp³-hybridized carbons (Fsp3) is 0.839. The molecule has 6 rings (SSSR count). The summed E-state index contributed by atoms with van der Waals surface area (Å²) in [7, 11) is 1.50. The summed E-state index contributed by atoms with van der Waals surface area (Å²) in [5.74, 6) is -1.73. The average molecular weight is 577 g/mol. The molecule has 0 aromatic heterocycles. The highest BCUT2D eigenvalue weighted by Gasteiger charge is 2.86. The minimum Gasteiger partial charge on any atom is -0.457 e. The lowest BCUT2D eigenvalue weighted by Gasteiger charge is -2.64. The number of carbonyl (C=O) groups excluding carboxylic acids is 3. The van der Waals surface area contributed by atoms with Crippen molar-refractivity contribution in [1.82, 2.24) is 0 Å². The van der Waals surface area contributed by atoms with Crippen molar-refractivity contribution in [2.45, 2.75) is 133 Å². The van der Waals surface area contributed by atoms with Crippen LogP contribution in [0.2, 0.25) is 0 Å². The smallest absolute Gasteiger partial charge is 0.334 e. The Kier molecular flexibility index (Phi) is 6.15. The van der Waals surface area contributed by atoms with Gasteiger partial charge in [-0.2, -0.15) is 0 Å². The molecule has 10 heteroatoms. The normalized spacial score (nSPS) is 52.0. The van der Waals surface area contributed by atoms with Crippen molar-refractivity contribution in [1.29, 1.82) is 0 Å². The van der Waals surface area contributed by atoms with Gasteiger partial charge in [0.2, 0.25) is 0 Å². The maximum Gasteiger partial charge on any atom is 0.334 e. The number of cyclic esters (lactones) is 1. The molecule has 2 heterocycles. The van der Waals surface area contributed by atoms with Crippen LogP contribution >= 0.6 is 0 Å². The number of Topliss-reactive ketones (excluding diaryl/α,β-unsaturated/α-hetero) is 1. The van der Waals surface area contributed by atoms with Crippen LogP contribution in [0.15, 0.2) is 11.1 Å². The van der Waals surface area contributed by atoms with Gasteiger partial charge in [0.1, 0.15) is 34.8 Å². The Morgan fingerprint density at radius 1 is 1.07 bits per heavy atom. The van der Waals surface area contributed by atoms with Crippen molar-refractivity contribution < 1.29 is 48.7 Å². The van der Waals surface area contributed by atoms with E-state index in [1.165, 1.54) is 21.0 Å². The average Bonchev–Trinajstić information content (AvgIpc) is 3.59. The summed E-state index contributed by atoms with van der Waals surface area (Å²) in [5.41, 5.74) is -6.96. The van der Waals surface area contributed by atoms with Crippen LogP contribution in [0.25, 0.3) is 0 Å². The molecule has 5 fully saturated rings. The molecule has 0 amide bonds. The summed E-state index contributed by atoms with van der Waals surface area (Å²) in [5, 5.41) is 37.2. The van der Waals surface area contributed by atoms with Crippen molar-refractivity contribution >= 4 is 17.7 Å². The fourth-order valence-electron chi connectivity index (χ4n) is 10.3. The lowest BCUT2D eigenvalue weighted by molar-refractivity contribution is -0.285. The second-order valence-corrected chi connectivity index (χ2v) is 14.3. The molecule has 6 aliphatic rings. The van der Waals surface area contributed by atoms with E-state index in [9.17, 15) is 29.7 Å². The number of rotatable bonds is 4. The van der Waals surface area contributed by atoms with Crippen molar-refractivity contribution in [2.75, 3.05) is 7.11 Å². The molecule has 0 aromatic rings. The number of hydrogen-bond acceptors (Lipinski definition) is 10. The number of esters is 2. The molecular weight excluding hydrogens is 532 g/mol. The van der Waals surface area contributed by atoms with E-state index in [4.69, 9.17) is 18.9 Å². The van der Waals surface area contributed by atoms with Gasteiger partial charge in [0, 0.05) is 37.9 Å². The number of hydrogen-bond donors (Lipinski definition) is 3. The van der Waals surface area contributed by atoms with Crippen LogP contribution in [0.5, 0.6) is 0 Å². The summed E-state index contributed by atoms with van der Waals surface area (Å²) >= 11 is 0. The Morgan fingerprint density at radius 2 is 1.76 bits per heavy atom. The van der Waals surface area contributed by atoms with Crippen molar-refractivity contribution in [3.63, 3.8) is 0 Å². The first-order chi connectivity index (χ1) is 19.0. The van der Waals surface area contributed by atoms with Gasteiger partial charge in [0.15, 0.2) is 6.10 Å². The van der Waals surface area contributed by atoms with Crippen molar-refractivity contribution in [3.05, 3.63) is 11.1 Å². The number of fused-ring (bicyclic) bond motifs is 4. The Hall–Kier alpha value is -1.85. The maximum atomic E-state index is 14.0. The molecule has 2 aliphatic heterocycles. The number of aliphatic hydroxyl groups is 3. The van der Waals surface area contributed by atoms with Gasteiger partial charge >= 0.3 is 11.9 Å². The number of carbonyl (C=O) groups is 3. The van der Waals surface area contributed by atoms with E-state index in [0.29, 0.717) is 24.8 Å². The van der Waals surface area contributed by atoms with Crippen LogP contribution in [0.1, 0.15) is 86.5 Å². The van der Waals surface area contributed by atoms with E-state index >= 15 is 0 Å². The highest BCUT2D eigenvalue weighted by atomic mass is 16.7. The Morgan fingerprint density at radius 3 is 2.37 bits per heavy atom. The van der Waals surface area contributed by atoms with E-state index in [2.05, 4.69) is 0 Å². The van der Waals surface area contributed by atoms with Crippen molar-refractivity contribution in [3.8, 4) is 0 Å². The van der Waals surface area contributed by atoms with Gasteiger partial charge in [-0.3, -0.25) is 9.59 Å². The van der Waals surface area contributed by atoms with Gasteiger partial charge in [-0.1, -0.05) is 12.5 Å². The van der Waals surface area contributed by atoms with Gasteiger partial charge < -0.3 is 34.3 Å². The monoisotopic (exact) mass is 576 g/mol. The Balaban J connectivity index is 1.37. The van der Waals surface area contributed by atoms with E-state index in [0.717, 1.165) is 5.57 Å². The number of epoxide rings is 1. The zero-order chi connectivity index (χ0) is 30.1. The Bertz CT molecular complexity index is 1240. The quantitative estimate of drug-likeness (QED) is 0.335. The second-order valence-electron chi connectivity index (χ2n) is 14.3. The number of ether oxygens (including phenoxy) is 4. The van der Waals surface area contributed by atoms with Gasteiger partial charge in [-0.15, -0.1) is 0 Å². The van der Waals surface area contributed by atoms with Gasteiger partial charge in [0.25, 0.3) is 0 Å². The third kappa shape index (κ3) is 3.23. The highest BCUT2D eigenvalue weighted by Crippen LogP contribution is 2.76. The molecular formula is C31H44O10. The molecule has 1 spiro atoms. The van der Waals surface area contributed by atoms with Crippen LogP contribution in [-0.4, -0.2) is 87.0 Å². The standard InChI is InChI=1S/C31H44O10/c1-15-12-22(40-25(34)16(15)2)28(6,35)30(37)11-10-29(36)19-13-23-31(41-23)24(39-17(3)32)20(38-7)14-21(33)27(31,5)18(19)8-9-26(29,30)4/h18-20,22-24,35-37H,8-14H2,1-7H3. The van der Waals surface area contributed by atoms with Crippen LogP contribution < -0.4 is 0 Å². The summed E-state index contributed by atoms with van der Waals surface area (Å²) in [4.78, 5) is 38.7. The highest BCUT2D eigenvalue weighted by molar-refractivity contribution is 5.90. The molecule has 0 bridgehead atoms. The molecule has 1 saturated heterocycles. The predicted octanol–water partition coefficient (Wildman–Crippen LogP) is 2.14.